The number of hydrazone groups is 1. The summed E-state index contributed by atoms with van der Waals surface area (Å²) >= 11 is 1.50. The van der Waals surface area contributed by atoms with Crippen molar-refractivity contribution in [2.24, 2.45) is 5.10 Å². The van der Waals surface area contributed by atoms with Gasteiger partial charge >= 0.3 is 0 Å². The van der Waals surface area contributed by atoms with E-state index in [1.54, 1.807) is 18.2 Å². The largest absolute Gasteiger partial charge is 0.273 e. The summed E-state index contributed by atoms with van der Waals surface area (Å²) in [6.07, 6.45) is 1.45. The number of hydrogen-bond acceptors (Lipinski definition) is 5. The number of benzene rings is 1. The summed E-state index contributed by atoms with van der Waals surface area (Å²) in [5.41, 5.74) is 2.65. The molecule has 1 aromatic carbocycles. The monoisotopic (exact) mass is 289 g/mol. The Morgan fingerprint density at radius 2 is 2.15 bits per heavy atom. The Morgan fingerprint density at radius 1 is 1.35 bits per heavy atom. The lowest BCUT2D eigenvalue weighted by molar-refractivity contribution is -0.385. The number of carbonyl (C=O) groups excluding carboxylic acids is 1. The zero-order valence-electron chi connectivity index (χ0n) is 10.4. The topological polar surface area (TPSA) is 84.6 Å². The summed E-state index contributed by atoms with van der Waals surface area (Å²) in [6.45, 7) is 0. The first-order valence-electron chi connectivity index (χ1n) is 5.74. The van der Waals surface area contributed by atoms with E-state index in [0.717, 1.165) is 4.88 Å². The predicted molar refractivity (Wildman–Crippen MR) is 76.9 cm³/mol. The van der Waals surface area contributed by atoms with Crippen LogP contribution in [0.3, 0.4) is 0 Å². The molecule has 2 rings (SSSR count). The molecule has 0 atom stereocenters. The lowest BCUT2D eigenvalue weighted by Gasteiger charge is -2.01. The number of hydrogen-bond donors (Lipinski definition) is 1. The van der Waals surface area contributed by atoms with Crippen LogP contribution in [0.25, 0.3) is 0 Å². The molecule has 0 spiro atoms. The molecule has 6 nitrogen and oxygen atoms in total. The first-order chi connectivity index (χ1) is 9.66. The van der Waals surface area contributed by atoms with Crippen LogP contribution in [0.15, 0.2) is 46.9 Å². The summed E-state index contributed by atoms with van der Waals surface area (Å²) in [7, 11) is 0. The third-order valence-electron chi connectivity index (χ3n) is 2.46. The van der Waals surface area contributed by atoms with Crippen molar-refractivity contribution >= 4 is 29.1 Å². The van der Waals surface area contributed by atoms with Gasteiger partial charge in [-0.25, -0.2) is 5.43 Å². The first-order valence-corrected chi connectivity index (χ1v) is 6.62. The molecule has 0 aliphatic heterocycles. The molecule has 1 heterocycles. The maximum Gasteiger partial charge on any atom is 0.273 e. The van der Waals surface area contributed by atoms with Crippen LogP contribution in [0.1, 0.15) is 10.4 Å². The van der Waals surface area contributed by atoms with Crippen molar-refractivity contribution in [3.05, 3.63) is 62.3 Å². The molecule has 20 heavy (non-hydrogen) atoms. The molecule has 0 radical (unpaired) electrons. The Morgan fingerprint density at radius 3 is 2.85 bits per heavy atom. The average molecular weight is 289 g/mol. The van der Waals surface area contributed by atoms with Gasteiger partial charge in [-0.15, -0.1) is 11.3 Å². The number of rotatable bonds is 5. The molecule has 2 aromatic rings. The minimum Gasteiger partial charge on any atom is -0.273 e. The van der Waals surface area contributed by atoms with Gasteiger partial charge in [-0.2, -0.15) is 5.10 Å². The van der Waals surface area contributed by atoms with Gasteiger partial charge in [-0.3, -0.25) is 14.9 Å². The van der Waals surface area contributed by atoms with E-state index in [1.807, 2.05) is 17.5 Å². The molecular formula is C13H11N3O3S. The quantitative estimate of drug-likeness (QED) is 0.521. The fraction of sp³-hybridized carbons (Fsp3) is 0.0769. The standard InChI is InChI=1S/C13H11N3O3S/c17-13(15-14-9-11-5-3-7-20-11)8-10-4-1-2-6-12(10)16(18)19/h1-7,9H,8H2,(H,15,17). The van der Waals surface area contributed by atoms with Gasteiger partial charge < -0.3 is 0 Å². The summed E-state index contributed by atoms with van der Waals surface area (Å²) in [5.74, 6) is -0.396. The molecule has 0 saturated heterocycles. The van der Waals surface area contributed by atoms with E-state index in [-0.39, 0.29) is 12.1 Å². The predicted octanol–water partition coefficient (Wildman–Crippen LogP) is 2.35. The smallest absolute Gasteiger partial charge is 0.273 e. The lowest BCUT2D eigenvalue weighted by Crippen LogP contribution is -2.20. The van der Waals surface area contributed by atoms with Crippen molar-refractivity contribution in [2.45, 2.75) is 6.42 Å². The van der Waals surface area contributed by atoms with Gasteiger partial charge in [0.1, 0.15) is 0 Å². The number of nitrogens with one attached hydrogen (secondary N) is 1. The van der Waals surface area contributed by atoms with Crippen LogP contribution in [-0.4, -0.2) is 17.0 Å². The molecule has 0 aliphatic rings. The molecule has 0 saturated carbocycles. The van der Waals surface area contributed by atoms with E-state index in [0.29, 0.717) is 5.56 Å². The SMILES string of the molecule is O=C(Cc1ccccc1[N+](=O)[O-])NN=Cc1cccs1. The highest BCUT2D eigenvalue weighted by atomic mass is 32.1. The molecule has 1 aromatic heterocycles. The summed E-state index contributed by atoms with van der Waals surface area (Å²) in [6, 6.07) is 9.89. The number of para-hydroxylation sites is 1. The van der Waals surface area contributed by atoms with E-state index in [2.05, 4.69) is 10.5 Å². The van der Waals surface area contributed by atoms with Gasteiger partial charge in [0.05, 0.1) is 17.6 Å². The van der Waals surface area contributed by atoms with Crippen molar-refractivity contribution in [1.29, 1.82) is 0 Å². The van der Waals surface area contributed by atoms with Crippen LogP contribution in [0, 0.1) is 10.1 Å². The molecular weight excluding hydrogens is 278 g/mol. The van der Waals surface area contributed by atoms with E-state index in [9.17, 15) is 14.9 Å². The number of carbonyl (C=O) groups is 1. The van der Waals surface area contributed by atoms with Crippen LogP contribution in [0.2, 0.25) is 0 Å². The zero-order valence-corrected chi connectivity index (χ0v) is 11.2. The van der Waals surface area contributed by atoms with Gasteiger partial charge in [-0.05, 0) is 11.4 Å². The number of amides is 1. The van der Waals surface area contributed by atoms with E-state index in [4.69, 9.17) is 0 Å². The van der Waals surface area contributed by atoms with Gasteiger partial charge in [0.2, 0.25) is 5.91 Å². The molecule has 0 bridgehead atoms. The second-order valence-corrected chi connectivity index (χ2v) is 4.85. The molecule has 0 unspecified atom stereocenters. The van der Waals surface area contributed by atoms with Gasteiger partial charge in [0, 0.05) is 16.5 Å². The molecule has 0 fully saturated rings. The van der Waals surface area contributed by atoms with Gasteiger partial charge in [0.15, 0.2) is 0 Å². The minimum atomic E-state index is -0.502. The Labute approximate surface area is 118 Å². The van der Waals surface area contributed by atoms with Gasteiger partial charge in [0.25, 0.3) is 5.69 Å². The number of thiophene rings is 1. The Bertz CT molecular complexity index is 638. The second-order valence-electron chi connectivity index (χ2n) is 3.87. The Balaban J connectivity index is 1.96. The fourth-order valence-corrected chi connectivity index (χ4v) is 2.17. The van der Waals surface area contributed by atoms with Crippen molar-refractivity contribution in [3.8, 4) is 0 Å². The maximum atomic E-state index is 11.7. The summed E-state index contributed by atoms with van der Waals surface area (Å²) in [4.78, 5) is 22.9. The highest BCUT2D eigenvalue weighted by Gasteiger charge is 2.14. The van der Waals surface area contributed by atoms with Crippen LogP contribution >= 0.6 is 11.3 Å². The normalized spacial score (nSPS) is 10.6. The third kappa shape index (κ3) is 3.72. The van der Waals surface area contributed by atoms with E-state index in [1.165, 1.54) is 23.6 Å². The van der Waals surface area contributed by atoms with Crippen molar-refractivity contribution < 1.29 is 9.72 Å². The number of nitro groups is 1. The first kappa shape index (κ1) is 13.9. The van der Waals surface area contributed by atoms with Crippen molar-refractivity contribution in [3.63, 3.8) is 0 Å². The van der Waals surface area contributed by atoms with Crippen LogP contribution in [0.5, 0.6) is 0 Å². The average Bonchev–Trinajstić information content (AvgIpc) is 2.92. The number of nitro benzene ring substituents is 1. The van der Waals surface area contributed by atoms with Crippen molar-refractivity contribution in [2.75, 3.05) is 0 Å². The highest BCUT2D eigenvalue weighted by molar-refractivity contribution is 7.11. The molecule has 0 aliphatic carbocycles. The Hall–Kier alpha value is -2.54. The van der Waals surface area contributed by atoms with Crippen LogP contribution in [0.4, 0.5) is 5.69 Å². The van der Waals surface area contributed by atoms with Crippen molar-refractivity contribution in [1.82, 2.24) is 5.43 Å². The molecule has 102 valence electrons. The maximum absolute atomic E-state index is 11.7. The number of nitrogens with zero attached hydrogens (tertiary/aromatic N) is 2. The lowest BCUT2D eigenvalue weighted by atomic mass is 10.1. The van der Waals surface area contributed by atoms with E-state index < -0.39 is 10.8 Å². The second kappa shape index (κ2) is 6.58. The van der Waals surface area contributed by atoms with E-state index >= 15 is 0 Å². The highest BCUT2D eigenvalue weighted by Crippen LogP contribution is 2.17. The minimum absolute atomic E-state index is 0.0649. The summed E-state index contributed by atoms with van der Waals surface area (Å²) < 4.78 is 0. The molecule has 1 amide bonds. The van der Waals surface area contributed by atoms with Crippen LogP contribution in [-0.2, 0) is 11.2 Å². The molecule has 7 heteroatoms. The van der Waals surface area contributed by atoms with Crippen LogP contribution < -0.4 is 5.43 Å². The molecule has 1 N–H and O–H groups in total. The third-order valence-corrected chi connectivity index (χ3v) is 3.27. The summed E-state index contributed by atoms with van der Waals surface area (Å²) in [5, 5.41) is 16.5. The fourth-order valence-electron chi connectivity index (χ4n) is 1.58. The zero-order chi connectivity index (χ0) is 14.4. The van der Waals surface area contributed by atoms with Gasteiger partial charge in [-0.1, -0.05) is 24.3 Å². The Kier molecular flexibility index (Phi) is 4.56.